The van der Waals surface area contributed by atoms with Gasteiger partial charge in [-0.05, 0) is 56.0 Å². The molecule has 4 aromatic carbocycles. The van der Waals surface area contributed by atoms with Crippen molar-refractivity contribution in [3.8, 4) is 33.9 Å². The van der Waals surface area contributed by atoms with Gasteiger partial charge >= 0.3 is 12.4 Å². The minimum absolute atomic E-state index is 0. The molecule has 0 aliphatic rings. The van der Waals surface area contributed by atoms with Gasteiger partial charge in [0.15, 0.2) is 9.84 Å². The van der Waals surface area contributed by atoms with Gasteiger partial charge in [-0.2, -0.15) is 26.3 Å². The first-order valence-electron chi connectivity index (χ1n) is 15.8. The molecule has 0 saturated carbocycles. The van der Waals surface area contributed by atoms with Crippen molar-refractivity contribution in [2.75, 3.05) is 11.5 Å². The van der Waals surface area contributed by atoms with Gasteiger partial charge in [0.25, 0.3) is 0 Å². The molecule has 2 heterocycles. The van der Waals surface area contributed by atoms with Crippen LogP contribution >= 0.6 is 11.8 Å². The molecule has 0 unspecified atom stereocenters. The van der Waals surface area contributed by atoms with E-state index in [0.29, 0.717) is 33.8 Å². The predicted octanol–water partition coefficient (Wildman–Crippen LogP) is 10.1. The Morgan fingerprint density at radius 1 is 0.642 bits per heavy atom. The van der Waals surface area contributed by atoms with Crippen molar-refractivity contribution >= 4 is 21.6 Å². The van der Waals surface area contributed by atoms with Crippen molar-refractivity contribution in [3.05, 3.63) is 120 Å². The van der Waals surface area contributed by atoms with E-state index in [1.807, 2.05) is 69.3 Å². The zero-order valence-corrected chi connectivity index (χ0v) is 29.9. The Kier molecular flexibility index (Phi) is 12.6. The number of sulfone groups is 1. The topological polar surface area (TPSA) is 95.6 Å². The minimum Gasteiger partial charge on any atom is -0.224 e. The molecule has 0 amide bonds. The van der Waals surface area contributed by atoms with E-state index in [1.54, 1.807) is 6.20 Å². The van der Waals surface area contributed by atoms with E-state index < -0.39 is 38.2 Å². The molecule has 280 valence electrons. The van der Waals surface area contributed by atoms with Crippen molar-refractivity contribution < 1.29 is 34.8 Å². The van der Waals surface area contributed by atoms with Crippen LogP contribution in [0.5, 0.6) is 0 Å². The van der Waals surface area contributed by atoms with Gasteiger partial charge in [-0.25, -0.2) is 17.8 Å². The summed E-state index contributed by atoms with van der Waals surface area (Å²) in [5.74, 6) is 0.328. The van der Waals surface area contributed by atoms with Crippen LogP contribution in [-0.2, 0) is 22.2 Å². The lowest BCUT2D eigenvalue weighted by Crippen LogP contribution is -2.13. The fourth-order valence-electron chi connectivity index (χ4n) is 4.91. The lowest BCUT2D eigenvalue weighted by Gasteiger charge is -2.13. The second kappa shape index (κ2) is 16.4. The molecule has 0 spiro atoms. The minimum atomic E-state index is -4.65. The molecule has 2 aromatic heterocycles. The van der Waals surface area contributed by atoms with Crippen LogP contribution in [0.2, 0.25) is 0 Å². The monoisotopic (exact) mass is 774 g/mol. The zero-order valence-electron chi connectivity index (χ0n) is 28.2. The van der Waals surface area contributed by atoms with Crippen LogP contribution in [0.4, 0.5) is 26.3 Å². The Hall–Kier alpha value is -4.96. The molecule has 6 aromatic rings. The van der Waals surface area contributed by atoms with E-state index in [-0.39, 0.29) is 18.9 Å². The second-order valence-electron chi connectivity index (χ2n) is 11.5. The fourth-order valence-corrected chi connectivity index (χ4v) is 6.84. The van der Waals surface area contributed by atoms with Gasteiger partial charge in [0.2, 0.25) is 0 Å². The molecule has 53 heavy (non-hydrogen) atoms. The number of benzene rings is 4. The number of nitrogens with zero attached hydrogens (tertiary/aromatic N) is 6. The first-order valence-corrected chi connectivity index (χ1v) is 18.4. The molecule has 0 aliphatic heterocycles. The molecule has 0 radical (unpaired) electrons. The Bertz CT molecular complexity index is 2270. The van der Waals surface area contributed by atoms with Crippen LogP contribution in [0.25, 0.3) is 33.9 Å². The Balaban J connectivity index is 0.000000233. The summed E-state index contributed by atoms with van der Waals surface area (Å²) in [6.07, 6.45) is -5.79. The number of hydrogen-bond donors (Lipinski definition) is 0. The van der Waals surface area contributed by atoms with Gasteiger partial charge in [-0.15, -0.1) is 22.0 Å². The summed E-state index contributed by atoms with van der Waals surface area (Å²) in [4.78, 5) is 0.0952. The Labute approximate surface area is 307 Å². The first kappa shape index (κ1) is 40.8. The van der Waals surface area contributed by atoms with Crippen LogP contribution < -0.4 is 0 Å². The highest BCUT2D eigenvalue weighted by Crippen LogP contribution is 2.36. The summed E-state index contributed by atoms with van der Waals surface area (Å²) in [5.41, 5.74) is 3.95. The van der Waals surface area contributed by atoms with Crippen molar-refractivity contribution in [3.63, 3.8) is 0 Å². The van der Waals surface area contributed by atoms with Crippen LogP contribution in [0, 0.1) is 13.8 Å². The number of hydrogen-bond acceptors (Lipinski definition) is 7. The van der Waals surface area contributed by atoms with Gasteiger partial charge in [-0.3, -0.25) is 0 Å². The van der Waals surface area contributed by atoms with Crippen LogP contribution in [0.3, 0.4) is 0 Å². The lowest BCUT2D eigenvalue weighted by molar-refractivity contribution is -0.138. The van der Waals surface area contributed by atoms with Crippen LogP contribution in [0.15, 0.2) is 107 Å². The van der Waals surface area contributed by atoms with Crippen molar-refractivity contribution in [2.24, 2.45) is 0 Å². The van der Waals surface area contributed by atoms with Crippen molar-refractivity contribution in [1.29, 1.82) is 0 Å². The van der Waals surface area contributed by atoms with Gasteiger partial charge in [0.05, 0.1) is 45.5 Å². The third-order valence-corrected chi connectivity index (χ3v) is 10.4. The quantitative estimate of drug-likeness (QED) is 0.112. The second-order valence-corrected chi connectivity index (χ2v) is 15.1. The van der Waals surface area contributed by atoms with E-state index in [1.165, 1.54) is 40.3 Å². The number of aromatic nitrogens is 6. The largest absolute Gasteiger partial charge is 0.416 e. The van der Waals surface area contributed by atoms with Crippen LogP contribution in [-0.4, -0.2) is 49.9 Å². The van der Waals surface area contributed by atoms with E-state index in [4.69, 9.17) is 0 Å². The predicted molar refractivity (Wildman–Crippen MR) is 194 cm³/mol. The lowest BCUT2D eigenvalue weighted by atomic mass is 10.1. The molecule has 0 atom stereocenters. The summed E-state index contributed by atoms with van der Waals surface area (Å²) in [5, 5.41) is 16.2. The highest BCUT2D eigenvalue weighted by Gasteiger charge is 2.33. The van der Waals surface area contributed by atoms with E-state index >= 15 is 0 Å². The standard InChI is InChI=1S/C18H16F3N3O2S.C18H16F3N3S.CH4/c1-3-27(25,26)17-10-14(18(19,20)21)8-9-16(17)24-11-15(22-23-24)13-6-4-12(2)5-7-13;1-3-25-17-10-14(18(19,20)21)8-9-16(17)24-11-15(22-23-24)13-6-4-12(2)5-7-13;/h4-11H,3H2,1-2H3;4-11H,3H2,1-2H3;1H4. The molecule has 6 rings (SSSR count). The van der Waals surface area contributed by atoms with Gasteiger partial charge < -0.3 is 0 Å². The molecule has 16 heteroatoms. The Morgan fingerprint density at radius 3 is 1.51 bits per heavy atom. The summed E-state index contributed by atoms with van der Waals surface area (Å²) < 4.78 is 105. The van der Waals surface area contributed by atoms with Crippen molar-refractivity contribution in [2.45, 2.75) is 57.3 Å². The molecule has 8 nitrogen and oxygen atoms in total. The maximum absolute atomic E-state index is 13.0. The van der Waals surface area contributed by atoms with Crippen molar-refractivity contribution in [1.82, 2.24) is 30.0 Å². The summed E-state index contributed by atoms with van der Waals surface area (Å²) in [6, 6.07) is 21.5. The third-order valence-electron chi connectivity index (χ3n) is 7.76. The number of thioether (sulfide) groups is 1. The van der Waals surface area contributed by atoms with Crippen LogP contribution in [0.1, 0.15) is 43.5 Å². The number of rotatable bonds is 8. The molecule has 0 aliphatic carbocycles. The highest BCUT2D eigenvalue weighted by molar-refractivity contribution is 7.99. The summed E-state index contributed by atoms with van der Waals surface area (Å²) >= 11 is 1.35. The first-order chi connectivity index (χ1) is 24.5. The summed E-state index contributed by atoms with van der Waals surface area (Å²) in [7, 11) is -3.91. The fraction of sp³-hybridized carbons (Fsp3) is 0.243. The molecule has 0 fully saturated rings. The van der Waals surface area contributed by atoms with Gasteiger partial charge in [0, 0.05) is 16.0 Å². The number of alkyl halides is 6. The maximum Gasteiger partial charge on any atom is 0.416 e. The average Bonchev–Trinajstić information content (AvgIpc) is 3.80. The average molecular weight is 775 g/mol. The molecule has 0 bridgehead atoms. The SMILES string of the molecule is C.CCS(=O)(=O)c1cc(C(F)(F)F)ccc1-n1cc(-c2ccc(C)cc2)nn1.CCSc1cc(C(F)(F)F)ccc1-n1cc(-c2ccc(C)cc2)nn1. The van der Waals surface area contributed by atoms with E-state index in [0.717, 1.165) is 46.5 Å². The summed E-state index contributed by atoms with van der Waals surface area (Å²) in [6.45, 7) is 7.20. The normalized spacial score (nSPS) is 11.8. The van der Waals surface area contributed by atoms with Gasteiger partial charge in [-0.1, -0.05) is 91.4 Å². The molecule has 0 N–H and O–H groups in total. The van der Waals surface area contributed by atoms with E-state index in [9.17, 15) is 34.8 Å². The Morgan fingerprint density at radius 2 is 1.08 bits per heavy atom. The number of halogens is 6. The maximum atomic E-state index is 13.0. The smallest absolute Gasteiger partial charge is 0.224 e. The molecular formula is C37H36F6N6O2S2. The van der Waals surface area contributed by atoms with Gasteiger partial charge in [0.1, 0.15) is 11.4 Å². The highest BCUT2D eigenvalue weighted by atomic mass is 32.2. The van der Waals surface area contributed by atoms with E-state index in [2.05, 4.69) is 20.6 Å². The number of aryl methyl sites for hydroxylation is 2. The third kappa shape index (κ3) is 9.73. The molecular weight excluding hydrogens is 739 g/mol. The zero-order chi connectivity index (χ0) is 37.8. The molecule has 0 saturated heterocycles.